The number of aliphatic hydroxyl groups excluding tert-OH is 2. The first-order valence-electron chi connectivity index (χ1n) is 9.09. The van der Waals surface area contributed by atoms with E-state index in [4.69, 9.17) is 9.47 Å². The predicted molar refractivity (Wildman–Crippen MR) is 113 cm³/mol. The van der Waals surface area contributed by atoms with Gasteiger partial charge in [-0.2, -0.15) is 4.31 Å². The van der Waals surface area contributed by atoms with Crippen molar-refractivity contribution in [2.45, 2.75) is 24.5 Å². The predicted octanol–water partition coefficient (Wildman–Crippen LogP) is -0.361. The molecule has 1 saturated heterocycles. The van der Waals surface area contributed by atoms with Crippen molar-refractivity contribution < 1.29 is 52.0 Å². The topological polar surface area (TPSA) is 251 Å². The van der Waals surface area contributed by atoms with E-state index in [9.17, 15) is 38.7 Å². The summed E-state index contributed by atoms with van der Waals surface area (Å²) in [4.78, 5) is 44.5. The maximum atomic E-state index is 12.1. The first-order chi connectivity index (χ1) is 15.4. The Morgan fingerprint density at radius 3 is 2.24 bits per heavy atom. The van der Waals surface area contributed by atoms with Gasteiger partial charge in [-0.3, -0.25) is 23.8 Å². The molecule has 1 aliphatic rings. The minimum Gasteiger partial charge on any atom is -0.497 e. The van der Waals surface area contributed by atoms with Crippen LogP contribution in [0.3, 0.4) is 0 Å². The molecule has 0 spiro atoms. The monoisotopic (exact) mass is 527 g/mol. The van der Waals surface area contributed by atoms with Gasteiger partial charge in [0.15, 0.2) is 6.23 Å². The van der Waals surface area contributed by atoms with E-state index in [2.05, 4.69) is 13.4 Å². The molecule has 2 unspecified atom stereocenters. The molecule has 2 heterocycles. The standard InChI is InChI=1S/C16H20N2O13P2.H3N/c1-27-9-2-4-10(5-3-9)30-33(25,26)31-32(23,24)28-8-11-13(20)14(21)15(29-11)18-7-6-12(19)17-16(18)22;/h2-7,11,13-15,20-21H,8H2,1H3,(H,23,24)(H,25,26)(H,17,19,22);1H3/t11-,13-,14-,15-;/m1./s1. The average Bonchev–Trinajstić information content (AvgIpc) is 3.00. The van der Waals surface area contributed by atoms with Crippen LogP contribution in [-0.4, -0.2) is 61.6 Å². The summed E-state index contributed by atoms with van der Waals surface area (Å²) < 4.78 is 48.6. The first-order valence-corrected chi connectivity index (χ1v) is 12.1. The fraction of sp³-hybridized carbons (Fsp3) is 0.375. The van der Waals surface area contributed by atoms with E-state index in [0.29, 0.717) is 5.75 Å². The van der Waals surface area contributed by atoms with Crippen LogP contribution in [-0.2, 0) is 22.7 Å². The molecule has 18 heteroatoms. The van der Waals surface area contributed by atoms with E-state index in [1.807, 2.05) is 4.98 Å². The average molecular weight is 527 g/mol. The van der Waals surface area contributed by atoms with Crippen molar-refractivity contribution >= 4 is 15.6 Å². The van der Waals surface area contributed by atoms with Crippen LogP contribution in [0.1, 0.15) is 6.23 Å². The highest BCUT2D eigenvalue weighted by molar-refractivity contribution is 7.61. The summed E-state index contributed by atoms with van der Waals surface area (Å²) >= 11 is 0. The smallest absolute Gasteiger partial charge is 0.497 e. The fourth-order valence-corrected chi connectivity index (χ4v) is 4.92. The second kappa shape index (κ2) is 10.9. The van der Waals surface area contributed by atoms with Crippen molar-refractivity contribution in [2.24, 2.45) is 0 Å². The summed E-state index contributed by atoms with van der Waals surface area (Å²) in [6.45, 7) is -0.886. The van der Waals surface area contributed by atoms with Gasteiger partial charge in [0.25, 0.3) is 5.56 Å². The number of methoxy groups -OCH3 is 1. The quantitative estimate of drug-likeness (QED) is 0.228. The van der Waals surface area contributed by atoms with Gasteiger partial charge in [-0.15, -0.1) is 0 Å². The molecule has 0 saturated carbocycles. The van der Waals surface area contributed by atoms with Crippen molar-refractivity contribution in [2.75, 3.05) is 13.7 Å². The Morgan fingerprint density at radius 2 is 1.65 bits per heavy atom. The highest BCUT2D eigenvalue weighted by Crippen LogP contribution is 2.60. The maximum Gasteiger partial charge on any atom is 0.536 e. The number of aromatic nitrogens is 2. The van der Waals surface area contributed by atoms with Crippen LogP contribution >= 0.6 is 15.6 Å². The van der Waals surface area contributed by atoms with Crippen LogP contribution in [0.4, 0.5) is 0 Å². The third-order valence-corrected chi connectivity index (χ3v) is 6.92. The second-order valence-corrected chi connectivity index (χ2v) is 9.61. The molecule has 6 atom stereocenters. The van der Waals surface area contributed by atoms with E-state index in [1.54, 1.807) is 0 Å². The van der Waals surface area contributed by atoms with Crippen molar-refractivity contribution in [1.82, 2.24) is 15.7 Å². The van der Waals surface area contributed by atoms with E-state index in [1.165, 1.54) is 31.4 Å². The van der Waals surface area contributed by atoms with Crippen LogP contribution in [0.2, 0.25) is 0 Å². The summed E-state index contributed by atoms with van der Waals surface area (Å²) in [5.74, 6) is 0.250. The summed E-state index contributed by atoms with van der Waals surface area (Å²) in [6.07, 6.45) is -5.26. The van der Waals surface area contributed by atoms with Crippen LogP contribution in [0.25, 0.3) is 0 Å². The minimum absolute atomic E-state index is 0. The molecule has 34 heavy (non-hydrogen) atoms. The molecule has 0 aliphatic carbocycles. The van der Waals surface area contributed by atoms with Crippen LogP contribution in [0, 0.1) is 0 Å². The first kappa shape index (κ1) is 27.9. The summed E-state index contributed by atoms with van der Waals surface area (Å²) in [5.41, 5.74) is -1.64. The number of phosphoric ester groups is 2. The Morgan fingerprint density at radius 1 is 1.03 bits per heavy atom. The molecule has 190 valence electrons. The molecular weight excluding hydrogens is 504 g/mol. The normalized spacial score (nSPS) is 25.6. The van der Waals surface area contributed by atoms with E-state index >= 15 is 0 Å². The van der Waals surface area contributed by atoms with Crippen LogP contribution in [0.15, 0.2) is 46.1 Å². The van der Waals surface area contributed by atoms with E-state index in [-0.39, 0.29) is 11.9 Å². The van der Waals surface area contributed by atoms with Crippen molar-refractivity contribution in [3.8, 4) is 11.5 Å². The number of ether oxygens (including phenoxy) is 2. The third kappa shape index (κ3) is 6.84. The lowest BCUT2D eigenvalue weighted by molar-refractivity contribution is -0.0542. The molecular formula is C16H23N3O13P2. The number of H-pyrrole nitrogens is 1. The molecule has 16 nitrogen and oxygen atoms in total. The Labute approximate surface area is 191 Å². The largest absolute Gasteiger partial charge is 0.536 e. The number of benzene rings is 1. The van der Waals surface area contributed by atoms with Crippen molar-refractivity contribution in [3.63, 3.8) is 0 Å². The highest BCUT2D eigenvalue weighted by atomic mass is 31.3. The SMILES string of the molecule is COc1ccc(OP(=O)(O)OP(=O)(O)OC[C@H]2O[C@@H](n3ccc(=O)[nH]c3=O)[C@H](O)[C@@H]2O)cc1.N. The van der Waals surface area contributed by atoms with Gasteiger partial charge in [-0.1, -0.05) is 0 Å². The number of rotatable bonds is 9. The van der Waals surface area contributed by atoms with Crippen molar-refractivity contribution in [1.29, 1.82) is 0 Å². The van der Waals surface area contributed by atoms with E-state index in [0.717, 1.165) is 16.8 Å². The number of aliphatic hydroxyl groups is 2. The molecule has 1 aliphatic heterocycles. The number of phosphoric acid groups is 2. The Kier molecular flexibility index (Phi) is 8.96. The molecule has 0 radical (unpaired) electrons. The minimum atomic E-state index is -5.22. The second-order valence-electron chi connectivity index (χ2n) is 6.65. The molecule has 3 rings (SSSR count). The maximum absolute atomic E-state index is 12.1. The number of hydrogen-bond donors (Lipinski definition) is 6. The number of aromatic amines is 1. The molecule has 1 fully saturated rings. The highest BCUT2D eigenvalue weighted by Gasteiger charge is 2.46. The summed E-state index contributed by atoms with van der Waals surface area (Å²) in [5, 5.41) is 20.2. The van der Waals surface area contributed by atoms with Gasteiger partial charge in [0.05, 0.1) is 13.7 Å². The molecule has 0 bridgehead atoms. The third-order valence-electron chi connectivity index (χ3n) is 4.35. The van der Waals surface area contributed by atoms with Gasteiger partial charge in [0.2, 0.25) is 0 Å². The van der Waals surface area contributed by atoms with Crippen LogP contribution in [0.5, 0.6) is 11.5 Å². The molecule has 8 N–H and O–H groups in total. The number of hydrogen-bond acceptors (Lipinski definition) is 12. The zero-order valence-corrected chi connectivity index (χ0v) is 19.3. The molecule has 0 amide bonds. The lowest BCUT2D eigenvalue weighted by Crippen LogP contribution is -2.37. The van der Waals surface area contributed by atoms with Gasteiger partial charge >= 0.3 is 21.3 Å². The van der Waals surface area contributed by atoms with Gasteiger partial charge in [-0.25, -0.2) is 13.9 Å². The molecule has 1 aromatic heterocycles. The molecule has 1 aromatic carbocycles. The summed E-state index contributed by atoms with van der Waals surface area (Å²) in [6, 6.07) is 6.27. The summed E-state index contributed by atoms with van der Waals surface area (Å²) in [7, 11) is -8.95. The lowest BCUT2D eigenvalue weighted by Gasteiger charge is -2.19. The van der Waals surface area contributed by atoms with Crippen LogP contribution < -0.4 is 26.7 Å². The van der Waals surface area contributed by atoms with Gasteiger partial charge in [0.1, 0.15) is 29.8 Å². The Balaban J connectivity index is 0.00000408. The van der Waals surface area contributed by atoms with Crippen molar-refractivity contribution in [3.05, 3.63) is 57.4 Å². The van der Waals surface area contributed by atoms with Gasteiger partial charge in [0, 0.05) is 12.3 Å². The van der Waals surface area contributed by atoms with E-state index < -0.39 is 58.0 Å². The number of nitrogens with zero attached hydrogens (tertiary/aromatic N) is 1. The Hall–Kier alpha value is -2.36. The lowest BCUT2D eigenvalue weighted by atomic mass is 10.1. The fourth-order valence-electron chi connectivity index (χ4n) is 2.83. The zero-order chi connectivity index (χ0) is 24.4. The van der Waals surface area contributed by atoms with Gasteiger partial charge in [-0.05, 0) is 24.3 Å². The Bertz CT molecular complexity index is 1180. The number of nitrogens with one attached hydrogen (secondary N) is 1. The molecule has 2 aromatic rings. The zero-order valence-electron chi connectivity index (χ0n) is 17.5. The van der Waals surface area contributed by atoms with Gasteiger partial charge < -0.3 is 35.3 Å².